The van der Waals surface area contributed by atoms with E-state index in [1.165, 1.54) is 7.11 Å². The molecular formula is C26H26O6. The van der Waals surface area contributed by atoms with Crippen molar-refractivity contribution in [3.05, 3.63) is 83.4 Å². The Bertz CT molecular complexity index is 1130. The molecule has 5 rings (SSSR count). The molecule has 0 saturated heterocycles. The van der Waals surface area contributed by atoms with Gasteiger partial charge < -0.3 is 29.2 Å². The summed E-state index contributed by atoms with van der Waals surface area (Å²) in [6.07, 6.45) is -0.764. The number of ether oxygens (including phenoxy) is 4. The van der Waals surface area contributed by atoms with E-state index >= 15 is 0 Å². The smallest absolute Gasteiger partial charge is 0.176 e. The highest BCUT2D eigenvalue weighted by atomic mass is 16.5. The van der Waals surface area contributed by atoms with Crippen LogP contribution in [0.5, 0.6) is 23.0 Å². The summed E-state index contributed by atoms with van der Waals surface area (Å²) in [6.45, 7) is 0. The van der Waals surface area contributed by atoms with Gasteiger partial charge in [0.25, 0.3) is 0 Å². The molecule has 0 spiro atoms. The lowest BCUT2D eigenvalue weighted by Crippen LogP contribution is -2.52. The second-order valence-corrected chi connectivity index (χ2v) is 8.25. The van der Waals surface area contributed by atoms with Crippen LogP contribution in [0.2, 0.25) is 0 Å². The molecule has 0 unspecified atom stereocenters. The maximum atomic E-state index is 12.4. The van der Waals surface area contributed by atoms with Crippen LogP contribution in [0.25, 0.3) is 0 Å². The maximum Gasteiger partial charge on any atom is 0.176 e. The van der Waals surface area contributed by atoms with Crippen LogP contribution in [0.4, 0.5) is 0 Å². The summed E-state index contributed by atoms with van der Waals surface area (Å²) in [5.74, 6) is 1.75. The van der Waals surface area contributed by atoms with Crippen molar-refractivity contribution in [3.63, 3.8) is 0 Å². The molecular weight excluding hydrogens is 408 g/mol. The third kappa shape index (κ3) is 2.60. The first-order chi connectivity index (χ1) is 15.5. The molecule has 0 amide bonds. The lowest BCUT2D eigenvalue weighted by Gasteiger charge is -2.40. The lowest BCUT2D eigenvalue weighted by atomic mass is 9.71. The summed E-state index contributed by atoms with van der Waals surface area (Å²) in [5, 5.41) is 23.7. The van der Waals surface area contributed by atoms with Crippen molar-refractivity contribution in [2.24, 2.45) is 0 Å². The van der Waals surface area contributed by atoms with Gasteiger partial charge >= 0.3 is 0 Å². The number of fused-ring (bicyclic) bond motifs is 3. The molecule has 0 aromatic heterocycles. The average molecular weight is 434 g/mol. The Morgan fingerprint density at radius 1 is 0.875 bits per heavy atom. The molecule has 1 heterocycles. The first-order valence-electron chi connectivity index (χ1n) is 10.5. The van der Waals surface area contributed by atoms with Crippen LogP contribution in [0.15, 0.2) is 66.7 Å². The largest absolute Gasteiger partial charge is 0.497 e. The third-order valence-electron chi connectivity index (χ3n) is 6.87. The Hall–Kier alpha value is -3.22. The zero-order valence-electron chi connectivity index (χ0n) is 18.2. The van der Waals surface area contributed by atoms with Crippen molar-refractivity contribution in [1.29, 1.82) is 0 Å². The minimum Gasteiger partial charge on any atom is -0.497 e. The molecule has 0 bridgehead atoms. The van der Waals surface area contributed by atoms with Gasteiger partial charge in [-0.05, 0) is 29.7 Å². The molecule has 2 aliphatic rings. The third-order valence-corrected chi connectivity index (χ3v) is 6.87. The van der Waals surface area contributed by atoms with E-state index in [-0.39, 0.29) is 5.92 Å². The summed E-state index contributed by atoms with van der Waals surface area (Å²) >= 11 is 0. The SMILES string of the molecule is COc1ccc([C@@]23Oc4cc(OC)cc(OC)c4[C@@]2(O)[C@@H](O)C[C@H]3c2ccccc2)cc1. The predicted octanol–water partition coefficient (Wildman–Crippen LogP) is 3.74. The number of aliphatic hydroxyl groups is 2. The van der Waals surface area contributed by atoms with Crippen molar-refractivity contribution < 1.29 is 29.2 Å². The number of hydrogen-bond acceptors (Lipinski definition) is 6. The van der Waals surface area contributed by atoms with Gasteiger partial charge in [0.05, 0.1) is 33.0 Å². The van der Waals surface area contributed by atoms with Crippen LogP contribution < -0.4 is 18.9 Å². The van der Waals surface area contributed by atoms with Gasteiger partial charge in [0.15, 0.2) is 11.2 Å². The number of methoxy groups -OCH3 is 3. The van der Waals surface area contributed by atoms with E-state index in [9.17, 15) is 10.2 Å². The second-order valence-electron chi connectivity index (χ2n) is 8.25. The molecule has 32 heavy (non-hydrogen) atoms. The highest BCUT2D eigenvalue weighted by Crippen LogP contribution is 2.68. The number of benzene rings is 3. The summed E-state index contributed by atoms with van der Waals surface area (Å²) in [7, 11) is 4.70. The highest BCUT2D eigenvalue weighted by Gasteiger charge is 2.73. The van der Waals surface area contributed by atoms with Crippen molar-refractivity contribution >= 4 is 0 Å². The fourth-order valence-corrected chi connectivity index (χ4v) is 5.42. The molecule has 1 saturated carbocycles. The van der Waals surface area contributed by atoms with E-state index in [0.717, 1.165) is 11.1 Å². The van der Waals surface area contributed by atoms with Crippen LogP contribution in [-0.4, -0.2) is 37.6 Å². The quantitative estimate of drug-likeness (QED) is 0.637. The molecule has 1 aliphatic carbocycles. The van der Waals surface area contributed by atoms with Crippen molar-refractivity contribution in [2.75, 3.05) is 21.3 Å². The van der Waals surface area contributed by atoms with Gasteiger partial charge in [-0.1, -0.05) is 42.5 Å². The van der Waals surface area contributed by atoms with Gasteiger partial charge in [-0.25, -0.2) is 0 Å². The highest BCUT2D eigenvalue weighted by molar-refractivity contribution is 5.62. The Balaban J connectivity index is 1.80. The molecule has 3 aromatic carbocycles. The normalized spacial score (nSPS) is 27.9. The second kappa shape index (κ2) is 7.43. The van der Waals surface area contributed by atoms with Crippen LogP contribution in [0.1, 0.15) is 29.0 Å². The van der Waals surface area contributed by atoms with Gasteiger partial charge in [0.1, 0.15) is 23.0 Å². The Morgan fingerprint density at radius 3 is 2.19 bits per heavy atom. The summed E-state index contributed by atoms with van der Waals surface area (Å²) in [4.78, 5) is 0. The molecule has 3 aromatic rings. The number of rotatable bonds is 5. The fraction of sp³-hybridized carbons (Fsp3) is 0.308. The lowest BCUT2D eigenvalue weighted by molar-refractivity contribution is -0.150. The maximum absolute atomic E-state index is 12.4. The molecule has 6 nitrogen and oxygen atoms in total. The van der Waals surface area contributed by atoms with Gasteiger partial charge in [-0.3, -0.25) is 0 Å². The van der Waals surface area contributed by atoms with Crippen molar-refractivity contribution in [1.82, 2.24) is 0 Å². The zero-order valence-corrected chi connectivity index (χ0v) is 18.2. The van der Waals surface area contributed by atoms with Crippen molar-refractivity contribution in [2.45, 2.75) is 29.6 Å². The van der Waals surface area contributed by atoms with E-state index in [0.29, 0.717) is 35.0 Å². The van der Waals surface area contributed by atoms with Crippen LogP contribution in [0, 0.1) is 0 Å². The van der Waals surface area contributed by atoms with Gasteiger partial charge in [0.2, 0.25) is 0 Å². The summed E-state index contributed by atoms with van der Waals surface area (Å²) < 4.78 is 23.1. The standard InChI is InChI=1S/C26H26O6/c1-29-18-11-9-17(10-12-18)26-20(16-7-5-4-6-8-16)15-23(27)25(26,28)24-21(31-3)13-19(30-2)14-22(24)32-26/h4-14,20,23,27-28H,15H2,1-3H3/t20-,23-,25-,26-/m0/s1. The molecule has 166 valence electrons. The van der Waals surface area contributed by atoms with E-state index in [2.05, 4.69) is 0 Å². The van der Waals surface area contributed by atoms with Gasteiger partial charge in [0, 0.05) is 18.1 Å². The van der Waals surface area contributed by atoms with Crippen LogP contribution in [0.3, 0.4) is 0 Å². The zero-order chi connectivity index (χ0) is 22.5. The molecule has 4 atom stereocenters. The minimum absolute atomic E-state index is 0.319. The Kier molecular flexibility index (Phi) is 4.80. The van der Waals surface area contributed by atoms with Crippen LogP contribution in [-0.2, 0) is 11.2 Å². The molecule has 1 aliphatic heterocycles. The number of aliphatic hydroxyl groups excluding tert-OH is 1. The molecule has 6 heteroatoms. The van der Waals surface area contributed by atoms with Gasteiger partial charge in [-0.2, -0.15) is 0 Å². The van der Waals surface area contributed by atoms with E-state index < -0.39 is 17.3 Å². The van der Waals surface area contributed by atoms with E-state index in [1.54, 1.807) is 26.4 Å². The van der Waals surface area contributed by atoms with Gasteiger partial charge in [-0.15, -0.1) is 0 Å². The fourth-order valence-electron chi connectivity index (χ4n) is 5.42. The average Bonchev–Trinajstić information content (AvgIpc) is 3.24. The van der Waals surface area contributed by atoms with Crippen LogP contribution >= 0.6 is 0 Å². The van der Waals surface area contributed by atoms with E-state index in [1.807, 2.05) is 54.6 Å². The summed E-state index contributed by atoms with van der Waals surface area (Å²) in [6, 6.07) is 20.7. The predicted molar refractivity (Wildman–Crippen MR) is 119 cm³/mol. The first-order valence-corrected chi connectivity index (χ1v) is 10.5. The van der Waals surface area contributed by atoms with Crippen molar-refractivity contribution in [3.8, 4) is 23.0 Å². The van der Waals surface area contributed by atoms with E-state index in [4.69, 9.17) is 18.9 Å². The molecule has 0 radical (unpaired) electrons. The number of hydrogen-bond donors (Lipinski definition) is 2. The first kappa shape index (κ1) is 20.7. The minimum atomic E-state index is -1.74. The Labute approximate surface area is 186 Å². The molecule has 2 N–H and O–H groups in total. The Morgan fingerprint density at radius 2 is 1.56 bits per heavy atom. The monoisotopic (exact) mass is 434 g/mol. The topological polar surface area (TPSA) is 77.4 Å². The molecule has 1 fully saturated rings. The summed E-state index contributed by atoms with van der Waals surface area (Å²) in [5.41, 5.74) is -0.875.